The Morgan fingerprint density at radius 2 is 1.78 bits per heavy atom. The molecule has 2 heterocycles. The van der Waals surface area contributed by atoms with Gasteiger partial charge in [-0.3, -0.25) is 4.79 Å². The van der Waals surface area contributed by atoms with Crippen molar-refractivity contribution in [3.63, 3.8) is 0 Å². The first-order chi connectivity index (χ1) is 15.6. The summed E-state index contributed by atoms with van der Waals surface area (Å²) in [6.07, 6.45) is 2.89. The second-order valence-corrected chi connectivity index (χ2v) is 8.96. The van der Waals surface area contributed by atoms with Gasteiger partial charge in [0, 0.05) is 17.7 Å². The van der Waals surface area contributed by atoms with E-state index in [1.54, 1.807) is 6.26 Å². The molecule has 2 N–H and O–H groups in total. The third-order valence-electron chi connectivity index (χ3n) is 6.07. The molecule has 0 amide bonds. The number of para-hydroxylation sites is 2. The van der Waals surface area contributed by atoms with Crippen molar-refractivity contribution < 1.29 is 13.9 Å². The molecule has 1 aliphatic heterocycles. The Morgan fingerprint density at radius 3 is 2.50 bits per heavy atom. The van der Waals surface area contributed by atoms with Crippen molar-refractivity contribution in [1.29, 1.82) is 0 Å². The Labute approximate surface area is 188 Å². The summed E-state index contributed by atoms with van der Waals surface area (Å²) < 4.78 is 11.5. The van der Waals surface area contributed by atoms with Crippen LogP contribution in [0.25, 0.3) is 0 Å². The van der Waals surface area contributed by atoms with Crippen LogP contribution in [0.5, 0.6) is 5.75 Å². The lowest BCUT2D eigenvalue weighted by Crippen LogP contribution is -2.26. The minimum atomic E-state index is -0.309. The van der Waals surface area contributed by atoms with Crippen LogP contribution < -0.4 is 15.4 Å². The highest BCUT2D eigenvalue weighted by Crippen LogP contribution is 2.44. The summed E-state index contributed by atoms with van der Waals surface area (Å²) in [4.78, 5) is 13.5. The van der Waals surface area contributed by atoms with E-state index in [-0.39, 0.29) is 17.7 Å². The maximum absolute atomic E-state index is 13.5. The molecule has 1 aliphatic carbocycles. The van der Waals surface area contributed by atoms with Crippen molar-refractivity contribution in [3.05, 3.63) is 89.5 Å². The summed E-state index contributed by atoms with van der Waals surface area (Å²) in [5.74, 6) is 2.36. The number of fused-ring (bicyclic) bond motifs is 1. The second kappa shape index (κ2) is 8.58. The van der Waals surface area contributed by atoms with Crippen molar-refractivity contribution in [2.45, 2.75) is 38.6 Å². The Hall–Kier alpha value is -3.47. The lowest BCUT2D eigenvalue weighted by molar-refractivity contribution is -0.116. The molecule has 164 valence electrons. The van der Waals surface area contributed by atoms with E-state index in [1.165, 1.54) is 0 Å². The summed E-state index contributed by atoms with van der Waals surface area (Å²) >= 11 is 0. The standard InChI is InChI=1S/C27H28N2O3/c1-17(2)16-32-20-11-9-18(10-12-20)19-14-23-26(24(30)15-19)27(25-8-5-13-31-25)29-22-7-4-3-6-21(22)28-23/h3-13,17,19,27-29H,14-16H2,1-2H3. The molecule has 1 aromatic heterocycles. The first-order valence-corrected chi connectivity index (χ1v) is 11.2. The maximum Gasteiger partial charge on any atom is 0.163 e. The molecule has 5 rings (SSSR count). The first kappa shape index (κ1) is 20.4. The van der Waals surface area contributed by atoms with Gasteiger partial charge in [0.05, 0.1) is 24.2 Å². The number of ketones is 1. The number of hydrogen-bond acceptors (Lipinski definition) is 5. The van der Waals surface area contributed by atoms with Crippen molar-refractivity contribution in [3.8, 4) is 5.75 Å². The number of anilines is 2. The van der Waals surface area contributed by atoms with E-state index in [4.69, 9.17) is 9.15 Å². The van der Waals surface area contributed by atoms with E-state index in [1.807, 2.05) is 48.5 Å². The van der Waals surface area contributed by atoms with Crippen LogP contribution in [0.3, 0.4) is 0 Å². The Kier molecular flexibility index (Phi) is 5.48. The number of hydrogen-bond donors (Lipinski definition) is 2. The van der Waals surface area contributed by atoms with Crippen molar-refractivity contribution in [1.82, 2.24) is 0 Å². The van der Waals surface area contributed by atoms with Crippen molar-refractivity contribution in [2.24, 2.45) is 5.92 Å². The third-order valence-corrected chi connectivity index (χ3v) is 6.07. The van der Waals surface area contributed by atoms with E-state index in [0.29, 0.717) is 18.9 Å². The van der Waals surface area contributed by atoms with Crippen LogP contribution in [0.4, 0.5) is 11.4 Å². The van der Waals surface area contributed by atoms with Gasteiger partial charge in [0.2, 0.25) is 0 Å². The Balaban J connectivity index is 1.46. The molecular weight excluding hydrogens is 400 g/mol. The topological polar surface area (TPSA) is 63.5 Å². The first-order valence-electron chi connectivity index (χ1n) is 11.2. The second-order valence-electron chi connectivity index (χ2n) is 8.96. The highest BCUT2D eigenvalue weighted by Gasteiger charge is 2.37. The fourth-order valence-electron chi connectivity index (χ4n) is 4.50. The van der Waals surface area contributed by atoms with Crippen LogP contribution in [0.1, 0.15) is 50.0 Å². The average Bonchev–Trinajstić information content (AvgIpc) is 3.27. The van der Waals surface area contributed by atoms with Crippen LogP contribution in [0.2, 0.25) is 0 Å². The smallest absolute Gasteiger partial charge is 0.163 e. The Morgan fingerprint density at radius 1 is 1.00 bits per heavy atom. The zero-order valence-corrected chi connectivity index (χ0v) is 18.4. The SMILES string of the molecule is CC(C)COc1ccc(C2CC(=O)C3=C(C2)Nc2ccccc2NC3c2ccco2)cc1. The molecule has 2 aliphatic rings. The highest BCUT2D eigenvalue weighted by molar-refractivity contribution is 6.01. The molecule has 5 heteroatoms. The maximum atomic E-state index is 13.5. The minimum Gasteiger partial charge on any atom is -0.493 e. The van der Waals surface area contributed by atoms with E-state index < -0.39 is 0 Å². The van der Waals surface area contributed by atoms with Gasteiger partial charge in [-0.25, -0.2) is 0 Å². The minimum absolute atomic E-state index is 0.121. The van der Waals surface area contributed by atoms with Crippen LogP contribution >= 0.6 is 0 Å². The summed E-state index contributed by atoms with van der Waals surface area (Å²) in [6, 6.07) is 19.7. The number of carbonyl (C=O) groups is 1. The molecule has 2 aromatic carbocycles. The number of ether oxygens (including phenoxy) is 1. The van der Waals surface area contributed by atoms with E-state index in [9.17, 15) is 4.79 Å². The lowest BCUT2D eigenvalue weighted by Gasteiger charge is -2.29. The predicted octanol–water partition coefficient (Wildman–Crippen LogP) is 6.29. The summed E-state index contributed by atoms with van der Waals surface area (Å²) in [6.45, 7) is 4.97. The molecule has 3 aromatic rings. The van der Waals surface area contributed by atoms with Crippen LogP contribution in [0, 0.1) is 5.92 Å². The third kappa shape index (κ3) is 4.03. The molecule has 32 heavy (non-hydrogen) atoms. The Bertz CT molecular complexity index is 1130. The molecule has 2 atom stereocenters. The molecule has 0 spiro atoms. The van der Waals surface area contributed by atoms with Crippen LogP contribution in [0.15, 0.2) is 82.6 Å². The molecule has 0 bridgehead atoms. The van der Waals surface area contributed by atoms with Gasteiger partial charge < -0.3 is 19.8 Å². The highest BCUT2D eigenvalue weighted by atomic mass is 16.5. The van der Waals surface area contributed by atoms with Gasteiger partial charge in [-0.2, -0.15) is 0 Å². The van der Waals surface area contributed by atoms with Crippen LogP contribution in [-0.2, 0) is 4.79 Å². The summed E-state index contributed by atoms with van der Waals surface area (Å²) in [5, 5.41) is 7.08. The summed E-state index contributed by atoms with van der Waals surface area (Å²) in [5.41, 5.74) is 4.82. The van der Waals surface area contributed by atoms with E-state index in [2.05, 4.69) is 36.6 Å². The van der Waals surface area contributed by atoms with Gasteiger partial charge in [-0.15, -0.1) is 0 Å². The van der Waals surface area contributed by atoms with Gasteiger partial charge in [0.15, 0.2) is 5.78 Å². The van der Waals surface area contributed by atoms with Gasteiger partial charge in [-0.05, 0) is 60.2 Å². The zero-order chi connectivity index (χ0) is 22.1. The molecule has 5 nitrogen and oxygen atoms in total. The van der Waals surface area contributed by atoms with Crippen molar-refractivity contribution in [2.75, 3.05) is 17.2 Å². The zero-order valence-electron chi connectivity index (χ0n) is 18.4. The van der Waals surface area contributed by atoms with Gasteiger partial charge in [-0.1, -0.05) is 38.1 Å². The number of Topliss-reactive ketones (excluding diaryl/α,β-unsaturated/α-hetero) is 1. The molecule has 0 radical (unpaired) electrons. The normalized spacial score (nSPS) is 20.2. The quantitative estimate of drug-likeness (QED) is 0.500. The largest absolute Gasteiger partial charge is 0.493 e. The summed E-state index contributed by atoms with van der Waals surface area (Å²) in [7, 11) is 0. The molecule has 2 unspecified atom stereocenters. The fourth-order valence-corrected chi connectivity index (χ4v) is 4.50. The molecule has 0 saturated heterocycles. The van der Waals surface area contributed by atoms with Crippen LogP contribution in [-0.4, -0.2) is 12.4 Å². The number of carbonyl (C=O) groups excluding carboxylic acids is 1. The molecule has 0 saturated carbocycles. The predicted molar refractivity (Wildman–Crippen MR) is 126 cm³/mol. The van der Waals surface area contributed by atoms with E-state index in [0.717, 1.165) is 46.1 Å². The number of nitrogens with one attached hydrogen (secondary N) is 2. The van der Waals surface area contributed by atoms with Gasteiger partial charge in [0.1, 0.15) is 17.6 Å². The number of rotatable bonds is 5. The van der Waals surface area contributed by atoms with Gasteiger partial charge in [0.25, 0.3) is 0 Å². The average molecular weight is 429 g/mol. The lowest BCUT2D eigenvalue weighted by atomic mass is 9.79. The van der Waals surface area contributed by atoms with Crippen molar-refractivity contribution >= 4 is 17.2 Å². The number of benzene rings is 2. The molecule has 0 fully saturated rings. The number of furan rings is 1. The molecular formula is C27H28N2O3. The van der Waals surface area contributed by atoms with Gasteiger partial charge >= 0.3 is 0 Å². The fraction of sp³-hybridized carbons (Fsp3) is 0.296. The van der Waals surface area contributed by atoms with E-state index >= 15 is 0 Å². The monoisotopic (exact) mass is 428 g/mol. The number of allylic oxidation sites excluding steroid dienone is 1.